The van der Waals surface area contributed by atoms with Gasteiger partial charge in [-0.05, 0) is 60.0 Å². The molecule has 202 valence electrons. The van der Waals surface area contributed by atoms with Gasteiger partial charge in [-0.15, -0.1) is 12.4 Å². The topological polar surface area (TPSA) is 109 Å². The highest BCUT2D eigenvalue weighted by Gasteiger charge is 2.22. The van der Waals surface area contributed by atoms with Gasteiger partial charge in [-0.1, -0.05) is 66.7 Å². The maximum absolute atomic E-state index is 13.5. The summed E-state index contributed by atoms with van der Waals surface area (Å²) in [4.78, 5) is 13.5. The lowest BCUT2D eigenvalue weighted by Gasteiger charge is -2.22. The number of rotatable bonds is 12. The average molecular weight is 545 g/mol. The summed E-state index contributed by atoms with van der Waals surface area (Å²) in [6.07, 6.45) is 0. The van der Waals surface area contributed by atoms with Gasteiger partial charge in [0, 0.05) is 17.8 Å². The van der Waals surface area contributed by atoms with Crippen LogP contribution in [0.5, 0.6) is 11.5 Å². The predicted molar refractivity (Wildman–Crippen MR) is 158 cm³/mol. The van der Waals surface area contributed by atoms with Crippen LogP contribution >= 0.6 is 12.4 Å². The van der Waals surface area contributed by atoms with Crippen molar-refractivity contribution >= 4 is 29.8 Å². The lowest BCUT2D eigenvalue weighted by atomic mass is 10.0. The number of amidine groups is 1. The molecule has 0 saturated heterocycles. The molecule has 0 fully saturated rings. The number of amides is 1. The van der Waals surface area contributed by atoms with Gasteiger partial charge in [0.25, 0.3) is 0 Å². The highest BCUT2D eigenvalue weighted by molar-refractivity contribution is 5.95. The number of nitrogens with two attached hydrogens (primary N) is 1. The molecule has 0 radical (unpaired) electrons. The molecule has 0 unspecified atom stereocenters. The first-order valence-corrected chi connectivity index (χ1v) is 12.5. The molecule has 0 aliphatic heterocycles. The van der Waals surface area contributed by atoms with Crippen LogP contribution in [0, 0.1) is 5.41 Å². The summed E-state index contributed by atoms with van der Waals surface area (Å²) in [5.74, 6) is 0.968. The molecule has 7 nitrogen and oxygen atoms in total. The predicted octanol–water partition coefficient (Wildman–Crippen LogP) is 5.84. The molecule has 0 aliphatic carbocycles. The van der Waals surface area contributed by atoms with E-state index in [1.54, 1.807) is 24.3 Å². The summed E-state index contributed by atoms with van der Waals surface area (Å²) in [7, 11) is 0. The minimum Gasteiger partial charge on any atom is -0.490 e. The number of carbonyl (C=O) groups is 1. The Hall–Kier alpha value is -4.49. The minimum absolute atomic E-state index is 0. The van der Waals surface area contributed by atoms with E-state index in [0.29, 0.717) is 36.8 Å². The van der Waals surface area contributed by atoms with Crippen molar-refractivity contribution in [2.75, 3.05) is 11.9 Å². The molecular weight excluding hydrogens is 512 g/mol. The van der Waals surface area contributed by atoms with Gasteiger partial charge < -0.3 is 25.8 Å². The Morgan fingerprint density at radius 3 is 2.10 bits per heavy atom. The van der Waals surface area contributed by atoms with E-state index in [0.717, 1.165) is 22.4 Å². The highest BCUT2D eigenvalue weighted by atomic mass is 35.5. The molecule has 5 N–H and O–H groups in total. The number of hydrogen-bond donors (Lipinski definition) is 4. The number of ether oxygens (including phenoxy) is 2. The van der Waals surface area contributed by atoms with Crippen molar-refractivity contribution in [3.63, 3.8) is 0 Å². The minimum atomic E-state index is -0.704. The van der Waals surface area contributed by atoms with Crippen LogP contribution in [0.1, 0.15) is 35.2 Å². The number of carbonyl (C=O) groups excluding carboxylic acids is 1. The number of anilines is 1. The Kier molecular flexibility index (Phi) is 10.8. The van der Waals surface area contributed by atoms with Gasteiger partial charge in [0.05, 0.1) is 6.61 Å². The molecule has 0 bridgehead atoms. The standard InChI is InChI=1S/C31H32N4O3.ClH/c1-2-37-28-19-25(15-18-27(28)38-21-23-11-7-4-8-12-23)29(31(36)34-20-22-9-5-3-6-10-22)35-26-16-13-24(14-17-26)30(32)33;/h3-19,29,35H,2,20-21H2,1H3,(H3,32,33)(H,34,36);1H/t29-;/m1./s1. The maximum Gasteiger partial charge on any atom is 0.247 e. The zero-order valence-electron chi connectivity index (χ0n) is 21.7. The van der Waals surface area contributed by atoms with Crippen molar-refractivity contribution in [3.8, 4) is 11.5 Å². The van der Waals surface area contributed by atoms with Gasteiger partial charge in [-0.3, -0.25) is 10.2 Å². The molecule has 8 heteroatoms. The maximum atomic E-state index is 13.5. The lowest BCUT2D eigenvalue weighted by molar-refractivity contribution is -0.122. The molecule has 1 amide bonds. The van der Waals surface area contributed by atoms with Crippen molar-refractivity contribution in [1.82, 2.24) is 5.32 Å². The molecular formula is C31H33ClN4O3. The van der Waals surface area contributed by atoms with Gasteiger partial charge in [0.2, 0.25) is 5.91 Å². The van der Waals surface area contributed by atoms with Crippen LogP contribution in [0.15, 0.2) is 103 Å². The molecule has 0 heterocycles. The first-order valence-electron chi connectivity index (χ1n) is 12.5. The number of benzene rings is 4. The SMILES string of the molecule is CCOc1cc([C@@H](Nc2ccc(C(=N)N)cc2)C(=O)NCc2ccccc2)ccc1OCc1ccccc1.Cl. The zero-order valence-corrected chi connectivity index (χ0v) is 22.5. The first kappa shape index (κ1) is 29.1. The molecule has 4 aromatic rings. The van der Waals surface area contributed by atoms with E-state index in [-0.39, 0.29) is 24.1 Å². The van der Waals surface area contributed by atoms with Crippen molar-refractivity contribution in [2.45, 2.75) is 26.1 Å². The highest BCUT2D eigenvalue weighted by Crippen LogP contribution is 2.33. The average Bonchev–Trinajstić information content (AvgIpc) is 2.95. The molecule has 4 aromatic carbocycles. The van der Waals surface area contributed by atoms with Gasteiger partial charge in [0.1, 0.15) is 18.5 Å². The Labute approximate surface area is 235 Å². The molecule has 1 atom stereocenters. The monoisotopic (exact) mass is 544 g/mol. The fourth-order valence-corrected chi connectivity index (χ4v) is 3.93. The van der Waals surface area contributed by atoms with Crippen molar-refractivity contribution in [2.24, 2.45) is 5.73 Å². The number of halogens is 1. The van der Waals surface area contributed by atoms with E-state index in [1.807, 2.05) is 85.8 Å². The molecule has 4 rings (SSSR count). The van der Waals surface area contributed by atoms with E-state index < -0.39 is 6.04 Å². The van der Waals surface area contributed by atoms with Crippen molar-refractivity contribution in [3.05, 3.63) is 125 Å². The van der Waals surface area contributed by atoms with E-state index in [4.69, 9.17) is 20.6 Å². The van der Waals surface area contributed by atoms with Crippen LogP contribution in [0.3, 0.4) is 0 Å². The fraction of sp³-hybridized carbons (Fsp3) is 0.161. The summed E-state index contributed by atoms with van der Waals surface area (Å²) in [5, 5.41) is 14.0. The Bertz CT molecular complexity index is 1350. The van der Waals surface area contributed by atoms with Crippen LogP contribution in [-0.2, 0) is 17.9 Å². The van der Waals surface area contributed by atoms with Crippen molar-refractivity contribution in [1.29, 1.82) is 5.41 Å². The second-order valence-corrected chi connectivity index (χ2v) is 8.69. The smallest absolute Gasteiger partial charge is 0.247 e. The zero-order chi connectivity index (χ0) is 26.7. The number of hydrogen-bond acceptors (Lipinski definition) is 5. The Morgan fingerprint density at radius 1 is 0.846 bits per heavy atom. The Balaban J connectivity index is 0.00000420. The van der Waals surface area contributed by atoms with Crippen LogP contribution in [-0.4, -0.2) is 18.3 Å². The van der Waals surface area contributed by atoms with Gasteiger partial charge in [-0.25, -0.2) is 0 Å². The third-order valence-corrected chi connectivity index (χ3v) is 5.92. The summed E-state index contributed by atoms with van der Waals surface area (Å²) in [5.41, 5.74) is 9.70. The second kappa shape index (κ2) is 14.4. The third-order valence-electron chi connectivity index (χ3n) is 5.92. The molecule has 39 heavy (non-hydrogen) atoms. The molecule has 0 saturated carbocycles. The van der Waals surface area contributed by atoms with Crippen LogP contribution in [0.4, 0.5) is 5.69 Å². The second-order valence-electron chi connectivity index (χ2n) is 8.69. The van der Waals surface area contributed by atoms with E-state index in [2.05, 4.69) is 10.6 Å². The first-order chi connectivity index (χ1) is 18.5. The summed E-state index contributed by atoms with van der Waals surface area (Å²) in [6.45, 7) is 3.17. The number of nitrogens with one attached hydrogen (secondary N) is 3. The van der Waals surface area contributed by atoms with Gasteiger partial charge >= 0.3 is 0 Å². The normalized spacial score (nSPS) is 11.0. The van der Waals surface area contributed by atoms with Crippen LogP contribution in [0.25, 0.3) is 0 Å². The van der Waals surface area contributed by atoms with Gasteiger partial charge in [-0.2, -0.15) is 0 Å². The summed E-state index contributed by atoms with van der Waals surface area (Å²) in [6, 6.07) is 31.6. The fourth-order valence-electron chi connectivity index (χ4n) is 3.93. The number of nitrogen functional groups attached to an aromatic ring is 1. The lowest BCUT2D eigenvalue weighted by Crippen LogP contribution is -2.33. The molecule has 0 aromatic heterocycles. The quantitative estimate of drug-likeness (QED) is 0.132. The van der Waals surface area contributed by atoms with Crippen molar-refractivity contribution < 1.29 is 14.3 Å². The molecule has 0 aliphatic rings. The van der Waals surface area contributed by atoms with E-state index in [9.17, 15) is 4.79 Å². The van der Waals surface area contributed by atoms with E-state index >= 15 is 0 Å². The van der Waals surface area contributed by atoms with E-state index in [1.165, 1.54) is 0 Å². The largest absolute Gasteiger partial charge is 0.490 e. The Morgan fingerprint density at radius 2 is 1.49 bits per heavy atom. The van der Waals surface area contributed by atoms with Gasteiger partial charge in [0.15, 0.2) is 11.5 Å². The summed E-state index contributed by atoms with van der Waals surface area (Å²) < 4.78 is 11.9. The van der Waals surface area contributed by atoms with Crippen LogP contribution < -0.4 is 25.8 Å². The third kappa shape index (κ3) is 8.25. The molecule has 0 spiro atoms. The summed E-state index contributed by atoms with van der Waals surface area (Å²) >= 11 is 0. The van der Waals surface area contributed by atoms with Crippen LogP contribution in [0.2, 0.25) is 0 Å².